The van der Waals surface area contributed by atoms with Gasteiger partial charge in [-0.1, -0.05) is 0 Å². The van der Waals surface area contributed by atoms with E-state index in [2.05, 4.69) is 5.32 Å². The van der Waals surface area contributed by atoms with Crippen LogP contribution in [0.15, 0.2) is 24.3 Å². The zero-order chi connectivity index (χ0) is 13.6. The molecule has 0 spiro atoms. The van der Waals surface area contributed by atoms with Gasteiger partial charge >= 0.3 is 29.6 Å². The SMILES string of the molecule is COCCCC(=O)Nc1ccc(P(=O)([O-])O)cc1.[Na+].[Na]. The number of benzene rings is 1. The molecule has 0 aliphatic rings. The van der Waals surface area contributed by atoms with E-state index in [0.717, 1.165) is 0 Å². The number of rotatable bonds is 6. The minimum absolute atomic E-state index is 0. The zero-order valence-corrected chi connectivity index (χ0v) is 16.9. The van der Waals surface area contributed by atoms with Gasteiger partial charge in [0, 0.05) is 60.7 Å². The Kier molecular flexibility index (Phi) is 13.1. The summed E-state index contributed by atoms with van der Waals surface area (Å²) in [5.74, 6) is -0.172. The van der Waals surface area contributed by atoms with Gasteiger partial charge in [-0.15, -0.1) is 0 Å². The van der Waals surface area contributed by atoms with Crippen molar-refractivity contribution in [2.24, 2.45) is 0 Å². The van der Waals surface area contributed by atoms with Gasteiger partial charge in [0.25, 0.3) is 0 Å². The van der Waals surface area contributed by atoms with Crippen LogP contribution in [0.2, 0.25) is 0 Å². The molecule has 1 aromatic carbocycles. The van der Waals surface area contributed by atoms with Crippen LogP contribution in [0.5, 0.6) is 0 Å². The molecule has 0 heterocycles. The van der Waals surface area contributed by atoms with Crippen molar-refractivity contribution < 1.29 is 53.4 Å². The molecule has 6 nitrogen and oxygen atoms in total. The first-order chi connectivity index (χ1) is 8.43. The van der Waals surface area contributed by atoms with E-state index in [4.69, 9.17) is 9.63 Å². The number of hydrogen-bond donors (Lipinski definition) is 2. The number of anilines is 1. The van der Waals surface area contributed by atoms with Crippen LogP contribution in [0.1, 0.15) is 12.8 Å². The van der Waals surface area contributed by atoms with E-state index in [0.29, 0.717) is 25.1 Å². The molecule has 0 aromatic heterocycles. The second-order valence-corrected chi connectivity index (χ2v) is 5.27. The van der Waals surface area contributed by atoms with Gasteiger partial charge in [0.1, 0.15) is 0 Å². The van der Waals surface area contributed by atoms with Crippen molar-refractivity contribution in [1.29, 1.82) is 0 Å². The number of methoxy groups -OCH3 is 1. The minimum atomic E-state index is -4.47. The Balaban J connectivity index is 0. The van der Waals surface area contributed by atoms with Gasteiger partial charge in [-0.25, -0.2) is 0 Å². The number of amides is 1. The molecule has 20 heavy (non-hydrogen) atoms. The first-order valence-corrected chi connectivity index (χ1v) is 6.94. The monoisotopic (exact) mass is 318 g/mol. The number of ether oxygens (including phenoxy) is 1. The van der Waals surface area contributed by atoms with Gasteiger partial charge in [-0.3, -0.25) is 4.79 Å². The van der Waals surface area contributed by atoms with Gasteiger partial charge in [-0.2, -0.15) is 0 Å². The minimum Gasteiger partial charge on any atom is -0.775 e. The van der Waals surface area contributed by atoms with Gasteiger partial charge in [-0.05, 0) is 30.7 Å². The van der Waals surface area contributed by atoms with Gasteiger partial charge in [0.15, 0.2) is 7.60 Å². The topological polar surface area (TPSA) is 98.7 Å². The smallest absolute Gasteiger partial charge is 0.775 e. The van der Waals surface area contributed by atoms with Crippen LogP contribution in [0.3, 0.4) is 0 Å². The molecule has 1 radical (unpaired) electrons. The summed E-state index contributed by atoms with van der Waals surface area (Å²) in [6.45, 7) is 0.510. The Morgan fingerprint density at radius 2 is 1.95 bits per heavy atom. The van der Waals surface area contributed by atoms with Gasteiger partial charge in [0.05, 0.1) is 0 Å². The molecule has 9 heteroatoms. The zero-order valence-electron chi connectivity index (χ0n) is 12.0. The summed E-state index contributed by atoms with van der Waals surface area (Å²) >= 11 is 0. The van der Waals surface area contributed by atoms with E-state index >= 15 is 0 Å². The standard InChI is InChI=1S/C11H16NO5P.2Na/c1-17-8-2-3-11(13)12-9-4-6-10(7-5-9)18(14,15)16;;/h4-7H,2-3,8H2,1H3,(H,12,13)(H2,14,15,16);;/q;;+1/p-1. The molecular weight excluding hydrogens is 303 g/mol. The Morgan fingerprint density at radius 3 is 2.40 bits per heavy atom. The summed E-state index contributed by atoms with van der Waals surface area (Å²) in [5, 5.41) is 2.43. The van der Waals surface area contributed by atoms with Crippen molar-refractivity contribution in [3.05, 3.63) is 24.3 Å². The predicted octanol–water partition coefficient (Wildman–Crippen LogP) is -3.15. The van der Waals surface area contributed by atoms with E-state index in [1.165, 1.54) is 24.3 Å². The molecule has 0 aliphatic carbocycles. The fourth-order valence-corrected chi connectivity index (χ4v) is 1.86. The maximum atomic E-state index is 11.4. The summed E-state index contributed by atoms with van der Waals surface area (Å²) in [5.41, 5.74) is 0.481. The van der Waals surface area contributed by atoms with Crippen molar-refractivity contribution in [3.63, 3.8) is 0 Å². The molecule has 101 valence electrons. The fraction of sp³-hybridized carbons (Fsp3) is 0.364. The van der Waals surface area contributed by atoms with Crippen LogP contribution >= 0.6 is 7.60 Å². The summed E-state index contributed by atoms with van der Waals surface area (Å²) in [7, 11) is -2.91. The van der Waals surface area contributed by atoms with Gasteiger partial charge < -0.3 is 24.4 Å². The van der Waals surface area contributed by atoms with Gasteiger partial charge in [0.2, 0.25) is 5.91 Å². The molecular formula is C11H15NNa2O5P. The molecule has 0 bridgehead atoms. The molecule has 1 atom stereocenters. The molecule has 0 saturated carbocycles. The van der Waals surface area contributed by atoms with Crippen LogP contribution in [0, 0.1) is 0 Å². The van der Waals surface area contributed by atoms with Crippen LogP contribution in [-0.2, 0) is 14.1 Å². The van der Waals surface area contributed by atoms with Crippen molar-refractivity contribution in [1.82, 2.24) is 0 Å². The maximum Gasteiger partial charge on any atom is 1.00 e. The van der Waals surface area contributed by atoms with E-state index in [1.807, 2.05) is 0 Å². The molecule has 0 fully saturated rings. The van der Waals surface area contributed by atoms with E-state index in [9.17, 15) is 14.3 Å². The molecule has 0 aliphatic heterocycles. The van der Waals surface area contributed by atoms with Crippen LogP contribution in [0.25, 0.3) is 0 Å². The molecule has 1 unspecified atom stereocenters. The van der Waals surface area contributed by atoms with Crippen molar-refractivity contribution in [2.45, 2.75) is 12.8 Å². The van der Waals surface area contributed by atoms with Crippen molar-refractivity contribution in [3.8, 4) is 0 Å². The first-order valence-electron chi connectivity index (χ1n) is 5.36. The normalized spacial score (nSPS) is 12.6. The maximum absolute atomic E-state index is 11.4. The number of nitrogens with one attached hydrogen (secondary N) is 1. The quantitative estimate of drug-likeness (QED) is 0.328. The van der Waals surface area contributed by atoms with E-state index < -0.39 is 7.60 Å². The third-order valence-corrected chi connectivity index (χ3v) is 3.18. The number of carbonyl (C=O) groups is 1. The van der Waals surface area contributed by atoms with Crippen molar-refractivity contribution in [2.75, 3.05) is 19.0 Å². The summed E-state index contributed by atoms with van der Waals surface area (Å²) in [6.07, 6.45) is 0.947. The summed E-state index contributed by atoms with van der Waals surface area (Å²) < 4.78 is 15.6. The fourth-order valence-electron chi connectivity index (χ4n) is 1.33. The molecule has 0 saturated heterocycles. The third kappa shape index (κ3) is 8.95. The molecule has 2 N–H and O–H groups in total. The Morgan fingerprint density at radius 1 is 1.40 bits per heavy atom. The average molecular weight is 318 g/mol. The van der Waals surface area contributed by atoms with E-state index in [-0.39, 0.29) is 70.3 Å². The van der Waals surface area contributed by atoms with Crippen LogP contribution in [-0.4, -0.2) is 54.1 Å². The second kappa shape index (κ2) is 11.4. The first kappa shape index (κ1) is 23.1. The predicted molar refractivity (Wildman–Crippen MR) is 71.4 cm³/mol. The largest absolute Gasteiger partial charge is 1.00 e. The Labute approximate surface area is 162 Å². The molecule has 1 amide bonds. The number of hydrogen-bond acceptors (Lipinski definition) is 4. The Hall–Kier alpha value is 0.800. The number of carbonyl (C=O) groups excluding carboxylic acids is 1. The second-order valence-electron chi connectivity index (χ2n) is 3.71. The third-order valence-electron chi connectivity index (χ3n) is 2.23. The summed E-state index contributed by atoms with van der Waals surface area (Å²) in [4.78, 5) is 31.1. The average Bonchev–Trinajstić information content (AvgIpc) is 2.29. The molecule has 1 rings (SSSR count). The summed E-state index contributed by atoms with van der Waals surface area (Å²) in [6, 6.07) is 5.31. The van der Waals surface area contributed by atoms with Crippen molar-refractivity contribution >= 4 is 54.1 Å². The Bertz CT molecular complexity index is 449. The van der Waals surface area contributed by atoms with E-state index in [1.54, 1.807) is 7.11 Å². The van der Waals surface area contributed by atoms with Crippen LogP contribution < -0.4 is 45.1 Å². The molecule has 1 aromatic rings. The van der Waals surface area contributed by atoms with Crippen LogP contribution in [0.4, 0.5) is 5.69 Å².